The Morgan fingerprint density at radius 1 is 1.78 bits per heavy atom. The summed E-state index contributed by atoms with van der Waals surface area (Å²) in [7, 11) is 0. The number of hydrogen-bond acceptors (Lipinski definition) is 2. The van der Waals surface area contributed by atoms with Crippen LogP contribution in [0.25, 0.3) is 0 Å². The van der Waals surface area contributed by atoms with Crippen LogP contribution in [0, 0.1) is 5.13 Å². The maximum atomic E-state index is 12.3. The average Bonchev–Trinajstić information content (AvgIpc) is 2.10. The van der Waals surface area contributed by atoms with Crippen molar-refractivity contribution in [1.29, 1.82) is 0 Å². The van der Waals surface area contributed by atoms with Crippen molar-refractivity contribution in [3.05, 3.63) is 15.5 Å². The van der Waals surface area contributed by atoms with Gasteiger partial charge in [0.25, 0.3) is 0 Å². The number of halogens is 2. The minimum atomic E-state index is -0.218. The van der Waals surface area contributed by atoms with Gasteiger partial charge >= 0.3 is 0 Å². The van der Waals surface area contributed by atoms with Crippen LogP contribution in [-0.4, -0.2) is 6.26 Å². The van der Waals surface area contributed by atoms with Gasteiger partial charge in [0.05, 0.1) is 0 Å². The van der Waals surface area contributed by atoms with Crippen molar-refractivity contribution in [2.45, 2.75) is 4.90 Å². The fraction of sp³-hybridized carbons (Fsp3) is 0.200. The van der Waals surface area contributed by atoms with E-state index in [0.717, 1.165) is 16.2 Å². The molecule has 0 fully saturated rings. The third kappa shape index (κ3) is 1.60. The SMILES string of the molecule is CSc1cc(F)sc1Cl. The van der Waals surface area contributed by atoms with E-state index in [4.69, 9.17) is 11.6 Å². The molecular formula is C5H4ClFS2. The molecule has 1 aromatic heterocycles. The van der Waals surface area contributed by atoms with Crippen LogP contribution in [0.1, 0.15) is 0 Å². The Labute approximate surface area is 66.0 Å². The van der Waals surface area contributed by atoms with Crippen molar-refractivity contribution < 1.29 is 4.39 Å². The highest BCUT2D eigenvalue weighted by Crippen LogP contribution is 2.32. The summed E-state index contributed by atoms with van der Waals surface area (Å²) in [6.07, 6.45) is 1.87. The minimum Gasteiger partial charge on any atom is -0.195 e. The van der Waals surface area contributed by atoms with Gasteiger partial charge in [0, 0.05) is 11.0 Å². The van der Waals surface area contributed by atoms with Crippen LogP contribution >= 0.6 is 34.7 Å². The highest BCUT2D eigenvalue weighted by molar-refractivity contribution is 7.98. The summed E-state index contributed by atoms with van der Waals surface area (Å²) in [5.74, 6) is 0. The predicted molar refractivity (Wildman–Crippen MR) is 41.1 cm³/mol. The second-order valence-electron chi connectivity index (χ2n) is 1.39. The third-order valence-electron chi connectivity index (χ3n) is 0.845. The molecule has 0 aliphatic carbocycles. The molecule has 0 aromatic carbocycles. The van der Waals surface area contributed by atoms with Gasteiger partial charge in [0.1, 0.15) is 4.34 Å². The van der Waals surface area contributed by atoms with Gasteiger partial charge in [-0.1, -0.05) is 22.9 Å². The van der Waals surface area contributed by atoms with Gasteiger partial charge in [-0.3, -0.25) is 0 Å². The quantitative estimate of drug-likeness (QED) is 0.601. The third-order valence-corrected chi connectivity index (χ3v) is 3.00. The lowest BCUT2D eigenvalue weighted by molar-refractivity contribution is 0.655. The van der Waals surface area contributed by atoms with Crippen LogP contribution < -0.4 is 0 Å². The Morgan fingerprint density at radius 3 is 2.67 bits per heavy atom. The first-order valence-electron chi connectivity index (χ1n) is 2.23. The van der Waals surface area contributed by atoms with E-state index >= 15 is 0 Å². The monoisotopic (exact) mass is 182 g/mol. The van der Waals surface area contributed by atoms with E-state index in [1.54, 1.807) is 0 Å². The van der Waals surface area contributed by atoms with Gasteiger partial charge < -0.3 is 0 Å². The van der Waals surface area contributed by atoms with Crippen LogP contribution in [-0.2, 0) is 0 Å². The minimum absolute atomic E-state index is 0.218. The normalized spacial score (nSPS) is 10.1. The van der Waals surface area contributed by atoms with Crippen molar-refractivity contribution in [3.63, 3.8) is 0 Å². The van der Waals surface area contributed by atoms with Crippen molar-refractivity contribution >= 4 is 34.7 Å². The molecule has 0 aliphatic heterocycles. The summed E-state index contributed by atoms with van der Waals surface area (Å²) in [5.41, 5.74) is 0. The lowest BCUT2D eigenvalue weighted by Crippen LogP contribution is -1.57. The summed E-state index contributed by atoms with van der Waals surface area (Å²) in [6, 6.07) is 1.44. The Morgan fingerprint density at radius 2 is 2.44 bits per heavy atom. The fourth-order valence-electron chi connectivity index (χ4n) is 0.464. The number of hydrogen-bond donors (Lipinski definition) is 0. The molecule has 0 N–H and O–H groups in total. The second-order valence-corrected chi connectivity index (χ2v) is 3.85. The number of thiophene rings is 1. The van der Waals surface area contributed by atoms with Gasteiger partial charge in [-0.15, -0.1) is 11.8 Å². The van der Waals surface area contributed by atoms with E-state index < -0.39 is 0 Å². The largest absolute Gasteiger partial charge is 0.195 e. The van der Waals surface area contributed by atoms with Crippen LogP contribution in [0.2, 0.25) is 4.34 Å². The van der Waals surface area contributed by atoms with Gasteiger partial charge in [0.2, 0.25) is 0 Å². The summed E-state index contributed by atoms with van der Waals surface area (Å²) >= 11 is 8.03. The molecule has 0 nitrogen and oxygen atoms in total. The molecule has 1 rings (SSSR count). The van der Waals surface area contributed by atoms with Crippen LogP contribution in [0.15, 0.2) is 11.0 Å². The Bertz CT molecular complexity index is 209. The molecule has 50 valence electrons. The van der Waals surface area contributed by atoms with Crippen molar-refractivity contribution in [2.75, 3.05) is 6.26 Å². The smallest absolute Gasteiger partial charge is 0.179 e. The molecule has 0 spiro atoms. The molecule has 0 saturated carbocycles. The molecule has 1 aromatic rings. The van der Waals surface area contributed by atoms with Crippen molar-refractivity contribution in [3.8, 4) is 0 Å². The van der Waals surface area contributed by atoms with Crippen LogP contribution in [0.4, 0.5) is 4.39 Å². The van der Waals surface area contributed by atoms with Gasteiger partial charge in [0.15, 0.2) is 5.13 Å². The number of thioether (sulfide) groups is 1. The molecule has 0 unspecified atom stereocenters. The molecule has 0 radical (unpaired) electrons. The molecule has 1 heterocycles. The molecule has 4 heteroatoms. The zero-order valence-corrected chi connectivity index (χ0v) is 7.04. The molecule has 0 saturated heterocycles. The highest BCUT2D eigenvalue weighted by Gasteiger charge is 2.03. The first-order chi connectivity index (χ1) is 4.24. The van der Waals surface area contributed by atoms with Crippen LogP contribution in [0.5, 0.6) is 0 Å². The van der Waals surface area contributed by atoms with E-state index in [1.165, 1.54) is 17.8 Å². The van der Waals surface area contributed by atoms with Gasteiger partial charge in [-0.2, -0.15) is 4.39 Å². The van der Waals surface area contributed by atoms with Crippen molar-refractivity contribution in [1.82, 2.24) is 0 Å². The predicted octanol–water partition coefficient (Wildman–Crippen LogP) is 3.26. The van der Waals surface area contributed by atoms with E-state index in [1.807, 2.05) is 6.26 Å². The summed E-state index contributed by atoms with van der Waals surface area (Å²) < 4.78 is 12.8. The van der Waals surface area contributed by atoms with Gasteiger partial charge in [-0.05, 0) is 6.26 Å². The number of rotatable bonds is 1. The lowest BCUT2D eigenvalue weighted by Gasteiger charge is -1.84. The molecule has 0 amide bonds. The summed E-state index contributed by atoms with van der Waals surface area (Å²) in [4.78, 5) is 0.819. The molecule has 0 aliphatic rings. The average molecular weight is 183 g/mol. The molecule has 0 atom stereocenters. The molecule has 9 heavy (non-hydrogen) atoms. The Hall–Kier alpha value is 0.270. The maximum Gasteiger partial charge on any atom is 0.179 e. The molecule has 0 bridgehead atoms. The maximum absolute atomic E-state index is 12.3. The van der Waals surface area contributed by atoms with E-state index in [-0.39, 0.29) is 5.13 Å². The first-order valence-corrected chi connectivity index (χ1v) is 4.65. The standard InChI is InChI=1S/C5H4ClFS2/c1-8-3-2-4(7)9-5(3)6/h2H,1H3. The lowest BCUT2D eigenvalue weighted by atomic mass is 10.7. The first kappa shape index (κ1) is 7.38. The van der Waals surface area contributed by atoms with Crippen LogP contribution in [0.3, 0.4) is 0 Å². The second kappa shape index (κ2) is 2.90. The zero-order valence-electron chi connectivity index (χ0n) is 4.65. The van der Waals surface area contributed by atoms with E-state index in [0.29, 0.717) is 4.34 Å². The van der Waals surface area contributed by atoms with E-state index in [2.05, 4.69) is 0 Å². The topological polar surface area (TPSA) is 0 Å². The fourth-order valence-corrected chi connectivity index (χ4v) is 2.31. The Kier molecular flexibility index (Phi) is 2.38. The van der Waals surface area contributed by atoms with Crippen molar-refractivity contribution in [2.24, 2.45) is 0 Å². The van der Waals surface area contributed by atoms with E-state index in [9.17, 15) is 4.39 Å². The summed E-state index contributed by atoms with van der Waals surface area (Å²) in [5, 5.41) is -0.218. The van der Waals surface area contributed by atoms with Gasteiger partial charge in [-0.25, -0.2) is 0 Å². The summed E-state index contributed by atoms with van der Waals surface area (Å²) in [6.45, 7) is 0. The zero-order chi connectivity index (χ0) is 6.85. The highest BCUT2D eigenvalue weighted by atomic mass is 35.5. The molecular weight excluding hydrogens is 179 g/mol. The Balaban J connectivity index is 3.01.